The van der Waals surface area contributed by atoms with Crippen molar-refractivity contribution in [1.82, 2.24) is 4.72 Å². The Kier molecular flexibility index (Phi) is 4.88. The summed E-state index contributed by atoms with van der Waals surface area (Å²) in [6.07, 6.45) is 1.73. The Morgan fingerprint density at radius 1 is 1.23 bits per heavy atom. The quantitative estimate of drug-likeness (QED) is 0.854. The van der Waals surface area contributed by atoms with Gasteiger partial charge in [0.25, 0.3) is 10.0 Å². The molecule has 1 atom stereocenters. The van der Waals surface area contributed by atoms with E-state index in [2.05, 4.69) is 4.72 Å². The van der Waals surface area contributed by atoms with Crippen LogP contribution in [0.15, 0.2) is 41.3 Å². The lowest BCUT2D eigenvalue weighted by molar-refractivity contribution is -0.125. The first-order chi connectivity index (χ1) is 12.2. The second kappa shape index (κ2) is 6.71. The third-order valence-electron chi connectivity index (χ3n) is 5.32. The number of fused-ring (bicyclic) bond motifs is 1. The molecule has 0 radical (unpaired) electrons. The predicted octanol–water partition coefficient (Wildman–Crippen LogP) is 4.06. The first-order valence-corrected chi connectivity index (χ1v) is 10.5. The van der Waals surface area contributed by atoms with Gasteiger partial charge in [-0.25, -0.2) is 13.1 Å². The van der Waals surface area contributed by atoms with Crippen LogP contribution >= 0.6 is 11.6 Å². The zero-order chi connectivity index (χ0) is 19.1. The first-order valence-electron chi connectivity index (χ1n) is 8.63. The molecule has 0 aromatic heterocycles. The van der Waals surface area contributed by atoms with Gasteiger partial charge in [0.05, 0.1) is 10.3 Å². The molecule has 2 aromatic carbocycles. The Labute approximate surface area is 159 Å². The zero-order valence-electron chi connectivity index (χ0n) is 15.1. The van der Waals surface area contributed by atoms with Crippen molar-refractivity contribution >= 4 is 27.5 Å². The molecule has 1 aliphatic carbocycles. The summed E-state index contributed by atoms with van der Waals surface area (Å²) < 4.78 is 27.9. The summed E-state index contributed by atoms with van der Waals surface area (Å²) in [5.74, 6) is -0.485. The Hall–Kier alpha value is -1.85. The molecule has 1 unspecified atom stereocenters. The molecule has 0 bridgehead atoms. The molecule has 0 heterocycles. The number of benzene rings is 2. The van der Waals surface area contributed by atoms with Crippen LogP contribution in [0.3, 0.4) is 0 Å². The van der Waals surface area contributed by atoms with Crippen LogP contribution in [0.4, 0.5) is 0 Å². The summed E-state index contributed by atoms with van der Waals surface area (Å²) >= 11 is 6.27. The Morgan fingerprint density at radius 2 is 1.96 bits per heavy atom. The number of sulfonamides is 1. The minimum atomic E-state index is -3.94. The summed E-state index contributed by atoms with van der Waals surface area (Å²) in [6.45, 7) is 5.53. The van der Waals surface area contributed by atoms with Gasteiger partial charge < -0.3 is 0 Å². The molecule has 0 saturated carbocycles. The lowest BCUT2D eigenvalue weighted by atomic mass is 9.79. The molecule has 0 aliphatic heterocycles. The van der Waals surface area contributed by atoms with Gasteiger partial charge in [0.2, 0.25) is 5.91 Å². The zero-order valence-corrected chi connectivity index (χ0v) is 16.7. The fourth-order valence-corrected chi connectivity index (χ4v) is 5.42. The number of carbonyl (C=O) groups is 1. The maximum Gasteiger partial charge on any atom is 0.264 e. The molecule has 138 valence electrons. The fourth-order valence-electron chi connectivity index (χ4n) is 3.87. The molecular weight excluding hydrogens is 370 g/mol. The summed E-state index contributed by atoms with van der Waals surface area (Å²) in [5, 5.41) is 0.628. The number of hydrogen-bond donors (Lipinski definition) is 1. The minimum absolute atomic E-state index is 0.131. The van der Waals surface area contributed by atoms with Gasteiger partial charge in [-0.05, 0) is 61.9 Å². The third kappa shape index (κ3) is 3.03. The van der Waals surface area contributed by atoms with Crippen LogP contribution in [-0.2, 0) is 26.7 Å². The standard InChI is InChI=1S/C20H22ClNO3S/c1-4-20(11-10-15-16(20)6-5-7-17(15)21)19(23)22-26(24,25)18-9-8-13(2)12-14(18)3/h5-9,12H,4,10-11H2,1-3H3,(H,22,23). The molecule has 0 spiro atoms. The average molecular weight is 392 g/mol. The van der Waals surface area contributed by atoms with Crippen LogP contribution in [-0.4, -0.2) is 14.3 Å². The molecule has 1 N–H and O–H groups in total. The molecule has 1 amide bonds. The fraction of sp³-hybridized carbons (Fsp3) is 0.350. The normalized spacial score (nSPS) is 19.2. The summed E-state index contributed by atoms with van der Waals surface area (Å²) in [7, 11) is -3.94. The van der Waals surface area contributed by atoms with E-state index < -0.39 is 21.3 Å². The monoisotopic (exact) mass is 391 g/mol. The highest BCUT2D eigenvalue weighted by Gasteiger charge is 2.45. The van der Waals surface area contributed by atoms with Crippen molar-refractivity contribution in [3.05, 3.63) is 63.7 Å². The number of rotatable bonds is 4. The molecule has 26 heavy (non-hydrogen) atoms. The third-order valence-corrected chi connectivity index (χ3v) is 7.17. The molecular formula is C20H22ClNO3S. The van der Waals surface area contributed by atoms with E-state index in [1.165, 1.54) is 0 Å². The van der Waals surface area contributed by atoms with Gasteiger partial charge in [-0.15, -0.1) is 0 Å². The van der Waals surface area contributed by atoms with Crippen LogP contribution in [0.5, 0.6) is 0 Å². The van der Waals surface area contributed by atoms with Crippen molar-refractivity contribution in [2.24, 2.45) is 0 Å². The smallest absolute Gasteiger partial charge is 0.264 e. The Morgan fingerprint density at radius 3 is 2.62 bits per heavy atom. The van der Waals surface area contributed by atoms with Gasteiger partial charge in [-0.2, -0.15) is 0 Å². The number of amides is 1. The number of carbonyl (C=O) groups excluding carboxylic acids is 1. The molecule has 0 saturated heterocycles. The number of nitrogens with one attached hydrogen (secondary N) is 1. The van der Waals surface area contributed by atoms with E-state index in [1.54, 1.807) is 31.2 Å². The topological polar surface area (TPSA) is 63.2 Å². The van der Waals surface area contributed by atoms with Crippen molar-refractivity contribution in [1.29, 1.82) is 0 Å². The molecule has 4 nitrogen and oxygen atoms in total. The average Bonchev–Trinajstić information content (AvgIpc) is 2.95. The summed E-state index contributed by atoms with van der Waals surface area (Å²) in [6, 6.07) is 10.5. The van der Waals surface area contributed by atoms with Crippen molar-refractivity contribution in [2.45, 2.75) is 50.3 Å². The highest BCUT2D eigenvalue weighted by Crippen LogP contribution is 2.44. The van der Waals surface area contributed by atoms with Crippen LogP contribution in [0.1, 0.15) is 42.0 Å². The molecule has 6 heteroatoms. The van der Waals surface area contributed by atoms with E-state index in [9.17, 15) is 13.2 Å². The van der Waals surface area contributed by atoms with Gasteiger partial charge in [0.1, 0.15) is 0 Å². The van der Waals surface area contributed by atoms with Crippen molar-refractivity contribution in [3.8, 4) is 0 Å². The van der Waals surface area contributed by atoms with E-state index in [-0.39, 0.29) is 4.90 Å². The Balaban J connectivity index is 1.98. The van der Waals surface area contributed by atoms with Crippen molar-refractivity contribution < 1.29 is 13.2 Å². The summed E-state index contributed by atoms with van der Waals surface area (Å²) in [4.78, 5) is 13.2. The number of hydrogen-bond acceptors (Lipinski definition) is 3. The highest BCUT2D eigenvalue weighted by atomic mass is 35.5. The van der Waals surface area contributed by atoms with Crippen molar-refractivity contribution in [2.75, 3.05) is 0 Å². The summed E-state index contributed by atoms with van der Waals surface area (Å²) in [5.41, 5.74) is 2.49. The predicted molar refractivity (Wildman–Crippen MR) is 103 cm³/mol. The van der Waals surface area contributed by atoms with E-state index in [4.69, 9.17) is 11.6 Å². The van der Waals surface area contributed by atoms with Crippen LogP contribution < -0.4 is 4.72 Å². The molecule has 2 aromatic rings. The van der Waals surface area contributed by atoms with Gasteiger partial charge in [0, 0.05) is 5.02 Å². The van der Waals surface area contributed by atoms with Crippen LogP contribution in [0.25, 0.3) is 0 Å². The van der Waals surface area contributed by atoms with Crippen LogP contribution in [0.2, 0.25) is 5.02 Å². The molecule has 1 aliphatic rings. The molecule has 0 fully saturated rings. The second-order valence-corrected chi connectivity index (χ2v) is 8.96. The SMILES string of the molecule is CCC1(C(=O)NS(=O)(=O)c2ccc(C)cc2C)CCc2c(Cl)cccc21. The van der Waals surface area contributed by atoms with Crippen molar-refractivity contribution in [3.63, 3.8) is 0 Å². The Bertz CT molecular complexity index is 985. The van der Waals surface area contributed by atoms with E-state index in [1.807, 2.05) is 26.0 Å². The van der Waals surface area contributed by atoms with E-state index >= 15 is 0 Å². The van der Waals surface area contributed by atoms with Gasteiger partial charge in [-0.3, -0.25) is 4.79 Å². The number of halogens is 1. The second-order valence-electron chi connectivity index (χ2n) is 6.91. The highest BCUT2D eigenvalue weighted by molar-refractivity contribution is 7.90. The van der Waals surface area contributed by atoms with Crippen LogP contribution in [0, 0.1) is 13.8 Å². The lowest BCUT2D eigenvalue weighted by Gasteiger charge is -2.28. The number of aryl methyl sites for hydroxylation is 2. The van der Waals surface area contributed by atoms with Gasteiger partial charge >= 0.3 is 0 Å². The first kappa shape index (κ1) is 18.9. The molecule has 3 rings (SSSR count). The van der Waals surface area contributed by atoms with E-state index in [0.717, 1.165) is 16.7 Å². The van der Waals surface area contributed by atoms with E-state index in [0.29, 0.717) is 29.8 Å². The maximum absolute atomic E-state index is 13.1. The largest absolute Gasteiger partial charge is 0.273 e. The van der Waals surface area contributed by atoms with Gasteiger partial charge in [-0.1, -0.05) is 48.4 Å². The lowest BCUT2D eigenvalue weighted by Crippen LogP contribution is -2.45. The maximum atomic E-state index is 13.1. The minimum Gasteiger partial charge on any atom is -0.273 e. The van der Waals surface area contributed by atoms with Gasteiger partial charge in [0.15, 0.2) is 0 Å².